The third kappa shape index (κ3) is 2.80. The predicted molar refractivity (Wildman–Crippen MR) is 85.9 cm³/mol. The lowest BCUT2D eigenvalue weighted by Crippen LogP contribution is -2.59. The highest BCUT2D eigenvalue weighted by molar-refractivity contribution is 5.81. The third-order valence-electron chi connectivity index (χ3n) is 5.57. The Morgan fingerprint density at radius 2 is 2.00 bits per heavy atom. The lowest BCUT2D eigenvalue weighted by molar-refractivity contribution is 0.0525. The summed E-state index contributed by atoms with van der Waals surface area (Å²) in [7, 11) is 0. The number of guanidine groups is 1. The van der Waals surface area contributed by atoms with Gasteiger partial charge in [-0.15, -0.1) is 0 Å². The van der Waals surface area contributed by atoms with Crippen molar-refractivity contribution < 1.29 is 0 Å². The van der Waals surface area contributed by atoms with Crippen LogP contribution in [0.25, 0.3) is 0 Å². The standard InChI is InChI=1S/C16H32N4/c1-5-19(6-2)9-10-20-15(17)18-12-16(20)11-13(3)7-8-14(16)4/h13-14H,5-12H2,1-4H3,(H2,17,18). The van der Waals surface area contributed by atoms with E-state index in [-0.39, 0.29) is 5.54 Å². The van der Waals surface area contributed by atoms with Crippen LogP contribution >= 0.6 is 0 Å². The van der Waals surface area contributed by atoms with Crippen LogP contribution in [0.3, 0.4) is 0 Å². The van der Waals surface area contributed by atoms with Gasteiger partial charge in [-0.3, -0.25) is 4.99 Å². The molecule has 2 aliphatic rings. The molecule has 2 rings (SSSR count). The van der Waals surface area contributed by atoms with E-state index in [1.54, 1.807) is 0 Å². The molecule has 0 aromatic rings. The summed E-state index contributed by atoms with van der Waals surface area (Å²) in [5.74, 6) is 2.27. The van der Waals surface area contributed by atoms with E-state index in [1.165, 1.54) is 19.3 Å². The number of nitrogens with two attached hydrogens (primary N) is 1. The normalized spacial score (nSPS) is 34.0. The van der Waals surface area contributed by atoms with Crippen LogP contribution in [0.2, 0.25) is 0 Å². The zero-order valence-corrected chi connectivity index (χ0v) is 13.7. The number of hydrogen-bond donors (Lipinski definition) is 1. The van der Waals surface area contributed by atoms with Gasteiger partial charge >= 0.3 is 0 Å². The molecule has 4 nitrogen and oxygen atoms in total. The van der Waals surface area contributed by atoms with Crippen LogP contribution in [0.1, 0.15) is 47.0 Å². The molecule has 0 amide bonds. The van der Waals surface area contributed by atoms with Crippen molar-refractivity contribution in [3.8, 4) is 0 Å². The van der Waals surface area contributed by atoms with Gasteiger partial charge in [-0.05, 0) is 37.8 Å². The Balaban J connectivity index is 2.08. The highest BCUT2D eigenvalue weighted by atomic mass is 15.4. The van der Waals surface area contributed by atoms with Crippen molar-refractivity contribution in [2.45, 2.75) is 52.5 Å². The molecule has 116 valence electrons. The fourth-order valence-electron chi connectivity index (χ4n) is 4.04. The first-order valence-corrected chi connectivity index (χ1v) is 8.33. The average Bonchev–Trinajstić information content (AvgIpc) is 2.74. The predicted octanol–water partition coefficient (Wildman–Crippen LogP) is 2.15. The van der Waals surface area contributed by atoms with Gasteiger partial charge in [0, 0.05) is 13.1 Å². The summed E-state index contributed by atoms with van der Waals surface area (Å²) in [6, 6.07) is 0. The van der Waals surface area contributed by atoms with Gasteiger partial charge in [-0.25, -0.2) is 0 Å². The summed E-state index contributed by atoms with van der Waals surface area (Å²) in [5, 5.41) is 0. The third-order valence-corrected chi connectivity index (χ3v) is 5.57. The van der Waals surface area contributed by atoms with Crippen LogP contribution in [-0.4, -0.2) is 54.0 Å². The largest absolute Gasteiger partial charge is 0.370 e. The highest BCUT2D eigenvalue weighted by Gasteiger charge is 2.48. The molecule has 0 radical (unpaired) electrons. The van der Waals surface area contributed by atoms with E-state index < -0.39 is 0 Å². The smallest absolute Gasteiger partial charge is 0.191 e. The topological polar surface area (TPSA) is 44.9 Å². The van der Waals surface area contributed by atoms with E-state index in [0.29, 0.717) is 5.92 Å². The maximum absolute atomic E-state index is 6.22. The molecule has 0 saturated heterocycles. The maximum atomic E-state index is 6.22. The van der Waals surface area contributed by atoms with Gasteiger partial charge < -0.3 is 15.5 Å². The van der Waals surface area contributed by atoms with Crippen molar-refractivity contribution in [3.05, 3.63) is 0 Å². The van der Waals surface area contributed by atoms with Gasteiger partial charge in [0.2, 0.25) is 0 Å². The second-order valence-corrected chi connectivity index (χ2v) is 6.74. The minimum atomic E-state index is 0.203. The monoisotopic (exact) mass is 280 g/mol. The quantitative estimate of drug-likeness (QED) is 0.839. The molecule has 1 fully saturated rings. The first kappa shape index (κ1) is 15.6. The molecule has 1 saturated carbocycles. The number of nitrogens with zero attached hydrogens (tertiary/aromatic N) is 3. The molecule has 3 atom stereocenters. The molecule has 1 aliphatic carbocycles. The Morgan fingerprint density at radius 1 is 1.30 bits per heavy atom. The minimum Gasteiger partial charge on any atom is -0.370 e. The van der Waals surface area contributed by atoms with E-state index in [0.717, 1.165) is 44.6 Å². The fourth-order valence-corrected chi connectivity index (χ4v) is 4.04. The molecule has 1 heterocycles. The lowest BCUT2D eigenvalue weighted by Gasteiger charge is -2.49. The summed E-state index contributed by atoms with van der Waals surface area (Å²) in [6.07, 6.45) is 3.91. The van der Waals surface area contributed by atoms with Gasteiger partial charge in [0.05, 0.1) is 12.1 Å². The van der Waals surface area contributed by atoms with Crippen molar-refractivity contribution in [2.24, 2.45) is 22.6 Å². The van der Waals surface area contributed by atoms with E-state index >= 15 is 0 Å². The van der Waals surface area contributed by atoms with Gasteiger partial charge in [-0.1, -0.05) is 34.1 Å². The Hall–Kier alpha value is -0.770. The molecule has 2 N–H and O–H groups in total. The SMILES string of the molecule is CCN(CC)CCN1C(N)=NCC12CC(C)CCC2C. The minimum absolute atomic E-state index is 0.203. The molecule has 0 bridgehead atoms. The molecule has 0 aromatic heterocycles. The van der Waals surface area contributed by atoms with Crippen LogP contribution in [0, 0.1) is 11.8 Å². The molecule has 3 unspecified atom stereocenters. The first-order valence-electron chi connectivity index (χ1n) is 8.33. The van der Waals surface area contributed by atoms with Crippen molar-refractivity contribution >= 4 is 5.96 Å². The molecule has 0 aromatic carbocycles. The second kappa shape index (κ2) is 6.33. The van der Waals surface area contributed by atoms with E-state index in [9.17, 15) is 0 Å². The van der Waals surface area contributed by atoms with Crippen molar-refractivity contribution in [1.82, 2.24) is 9.80 Å². The Morgan fingerprint density at radius 3 is 2.65 bits per heavy atom. The highest BCUT2D eigenvalue weighted by Crippen LogP contribution is 2.43. The molecule has 4 heteroatoms. The Labute approximate surface area is 124 Å². The van der Waals surface area contributed by atoms with E-state index in [2.05, 4.69) is 42.5 Å². The summed E-state index contributed by atoms with van der Waals surface area (Å²) < 4.78 is 0. The maximum Gasteiger partial charge on any atom is 0.191 e. The summed E-state index contributed by atoms with van der Waals surface area (Å²) in [4.78, 5) is 9.52. The Kier molecular flexibility index (Phi) is 4.95. The van der Waals surface area contributed by atoms with Crippen LogP contribution in [0.15, 0.2) is 4.99 Å². The summed E-state index contributed by atoms with van der Waals surface area (Å²) >= 11 is 0. The number of rotatable bonds is 5. The fraction of sp³-hybridized carbons (Fsp3) is 0.938. The number of aliphatic imine (C=N–C) groups is 1. The molecule has 1 aliphatic heterocycles. The summed E-state index contributed by atoms with van der Waals surface area (Å²) in [5.41, 5.74) is 6.42. The Bertz CT molecular complexity index is 350. The van der Waals surface area contributed by atoms with Gasteiger partial charge in [0.15, 0.2) is 5.96 Å². The molecule has 1 spiro atoms. The molecular weight excluding hydrogens is 248 g/mol. The second-order valence-electron chi connectivity index (χ2n) is 6.74. The van der Waals surface area contributed by atoms with Crippen molar-refractivity contribution in [2.75, 3.05) is 32.7 Å². The van der Waals surface area contributed by atoms with E-state index in [1.807, 2.05) is 0 Å². The van der Waals surface area contributed by atoms with Gasteiger partial charge in [-0.2, -0.15) is 0 Å². The number of likely N-dealkylation sites (N-methyl/N-ethyl adjacent to an activating group) is 1. The van der Waals surface area contributed by atoms with Gasteiger partial charge in [0.1, 0.15) is 0 Å². The zero-order chi connectivity index (χ0) is 14.8. The first-order chi connectivity index (χ1) is 9.53. The molecule has 20 heavy (non-hydrogen) atoms. The zero-order valence-electron chi connectivity index (χ0n) is 13.7. The van der Waals surface area contributed by atoms with Crippen LogP contribution in [-0.2, 0) is 0 Å². The number of hydrogen-bond acceptors (Lipinski definition) is 4. The molecular formula is C16H32N4. The van der Waals surface area contributed by atoms with Crippen molar-refractivity contribution in [1.29, 1.82) is 0 Å². The summed E-state index contributed by atoms with van der Waals surface area (Å²) in [6.45, 7) is 14.5. The van der Waals surface area contributed by atoms with Crippen molar-refractivity contribution in [3.63, 3.8) is 0 Å². The lowest BCUT2D eigenvalue weighted by atomic mass is 9.69. The average molecular weight is 280 g/mol. The van der Waals surface area contributed by atoms with Crippen LogP contribution < -0.4 is 5.73 Å². The van der Waals surface area contributed by atoms with Gasteiger partial charge in [0.25, 0.3) is 0 Å². The van der Waals surface area contributed by atoms with E-state index in [4.69, 9.17) is 5.73 Å². The van der Waals surface area contributed by atoms with Crippen LogP contribution in [0.4, 0.5) is 0 Å². The van der Waals surface area contributed by atoms with Crippen LogP contribution in [0.5, 0.6) is 0 Å².